The van der Waals surface area contributed by atoms with Crippen LogP contribution in [0, 0.1) is 6.92 Å². The zero-order valence-electron chi connectivity index (χ0n) is 9.53. The summed E-state index contributed by atoms with van der Waals surface area (Å²) in [7, 11) is 0. The van der Waals surface area contributed by atoms with Crippen LogP contribution in [0.1, 0.15) is 22.8 Å². The third-order valence-corrected chi connectivity index (χ3v) is 2.69. The Labute approximate surface area is 95.1 Å². The highest BCUT2D eigenvalue weighted by atomic mass is 16.1. The predicted molar refractivity (Wildman–Crippen MR) is 66.7 cm³/mol. The number of rotatable bonds is 2. The number of benzene rings is 2. The van der Waals surface area contributed by atoms with Gasteiger partial charge in [-0.25, -0.2) is 0 Å². The molecule has 0 aliphatic heterocycles. The van der Waals surface area contributed by atoms with E-state index in [0.717, 1.165) is 10.8 Å². The molecular weight excluding hydrogens is 198 g/mol. The quantitative estimate of drug-likeness (QED) is 0.779. The smallest absolute Gasteiger partial charge is 0.179 e. The zero-order chi connectivity index (χ0) is 11.7. The molecule has 0 saturated heterocycles. The van der Waals surface area contributed by atoms with E-state index in [1.165, 1.54) is 5.56 Å². The van der Waals surface area contributed by atoms with Crippen molar-refractivity contribution in [1.82, 2.24) is 0 Å². The summed E-state index contributed by atoms with van der Waals surface area (Å²) in [5, 5.41) is 2.23. The first kappa shape index (κ1) is 10.8. The Morgan fingerprint density at radius 2 is 1.75 bits per heavy atom. The van der Waals surface area contributed by atoms with Crippen LogP contribution in [0.4, 0.5) is 0 Å². The third kappa shape index (κ3) is 1.97. The molecule has 0 radical (unpaired) electrons. The molecule has 2 N–H and O–H groups in total. The summed E-state index contributed by atoms with van der Waals surface area (Å²) in [6, 6.07) is 11.5. The summed E-state index contributed by atoms with van der Waals surface area (Å²) >= 11 is 0. The molecule has 0 aliphatic rings. The van der Waals surface area contributed by atoms with Gasteiger partial charge in [0.15, 0.2) is 5.78 Å². The molecule has 0 aliphatic carbocycles. The topological polar surface area (TPSA) is 43.1 Å². The second-order valence-corrected chi connectivity index (χ2v) is 4.22. The molecule has 2 rings (SSSR count). The van der Waals surface area contributed by atoms with Gasteiger partial charge in [-0.15, -0.1) is 0 Å². The number of aryl methyl sites for hydroxylation is 1. The fourth-order valence-electron chi connectivity index (χ4n) is 1.78. The molecule has 0 fully saturated rings. The van der Waals surface area contributed by atoms with Crippen molar-refractivity contribution in [3.8, 4) is 0 Å². The van der Waals surface area contributed by atoms with Gasteiger partial charge in [0, 0.05) is 5.56 Å². The maximum absolute atomic E-state index is 11.7. The van der Waals surface area contributed by atoms with Gasteiger partial charge in [-0.1, -0.05) is 35.9 Å². The van der Waals surface area contributed by atoms with Crippen molar-refractivity contribution < 1.29 is 4.79 Å². The number of carbonyl (C=O) groups excluding carboxylic acids is 1. The fraction of sp³-hybridized carbons (Fsp3) is 0.214. The van der Waals surface area contributed by atoms with E-state index in [-0.39, 0.29) is 5.78 Å². The normalized spacial score (nSPS) is 12.7. The molecule has 2 aromatic carbocycles. The molecule has 2 aromatic rings. The lowest BCUT2D eigenvalue weighted by molar-refractivity contribution is 0.0968. The Hall–Kier alpha value is -1.67. The minimum atomic E-state index is -0.442. The van der Waals surface area contributed by atoms with Gasteiger partial charge >= 0.3 is 0 Å². The fourth-order valence-corrected chi connectivity index (χ4v) is 1.78. The van der Waals surface area contributed by atoms with E-state index in [0.29, 0.717) is 5.56 Å². The average molecular weight is 213 g/mol. The van der Waals surface area contributed by atoms with Crippen LogP contribution in [0.25, 0.3) is 10.8 Å². The molecule has 0 spiro atoms. The van der Waals surface area contributed by atoms with Crippen LogP contribution in [0.15, 0.2) is 36.4 Å². The van der Waals surface area contributed by atoms with Crippen LogP contribution in [0.2, 0.25) is 0 Å². The summed E-state index contributed by atoms with van der Waals surface area (Å²) in [5.74, 6) is -0.0116. The van der Waals surface area contributed by atoms with E-state index < -0.39 is 6.04 Å². The summed E-state index contributed by atoms with van der Waals surface area (Å²) in [4.78, 5) is 11.7. The van der Waals surface area contributed by atoms with Gasteiger partial charge < -0.3 is 5.73 Å². The van der Waals surface area contributed by atoms with Crippen LogP contribution in [-0.2, 0) is 0 Å². The molecule has 1 unspecified atom stereocenters. The number of nitrogens with two attached hydrogens (primary N) is 1. The highest BCUT2D eigenvalue weighted by Gasteiger charge is 2.10. The van der Waals surface area contributed by atoms with Crippen molar-refractivity contribution in [1.29, 1.82) is 0 Å². The molecule has 2 heteroatoms. The Balaban J connectivity index is 2.52. The number of hydrogen-bond donors (Lipinski definition) is 1. The Morgan fingerprint density at radius 1 is 1.12 bits per heavy atom. The lowest BCUT2D eigenvalue weighted by atomic mass is 10.0. The lowest BCUT2D eigenvalue weighted by Gasteiger charge is -2.06. The number of fused-ring (bicyclic) bond motifs is 1. The molecule has 0 saturated carbocycles. The highest BCUT2D eigenvalue weighted by molar-refractivity contribution is 6.02. The largest absolute Gasteiger partial charge is 0.321 e. The third-order valence-electron chi connectivity index (χ3n) is 2.69. The van der Waals surface area contributed by atoms with E-state index in [1.54, 1.807) is 6.92 Å². The average Bonchev–Trinajstić information content (AvgIpc) is 2.27. The molecule has 0 aromatic heterocycles. The number of hydrogen-bond acceptors (Lipinski definition) is 2. The molecule has 2 nitrogen and oxygen atoms in total. The van der Waals surface area contributed by atoms with Crippen LogP contribution >= 0.6 is 0 Å². The summed E-state index contributed by atoms with van der Waals surface area (Å²) in [6.45, 7) is 3.77. The zero-order valence-corrected chi connectivity index (χ0v) is 9.53. The van der Waals surface area contributed by atoms with Crippen molar-refractivity contribution in [2.24, 2.45) is 5.73 Å². The second-order valence-electron chi connectivity index (χ2n) is 4.22. The van der Waals surface area contributed by atoms with Gasteiger partial charge in [0.1, 0.15) is 0 Å². The van der Waals surface area contributed by atoms with E-state index in [9.17, 15) is 4.79 Å². The van der Waals surface area contributed by atoms with Gasteiger partial charge in [0.05, 0.1) is 6.04 Å². The monoisotopic (exact) mass is 213 g/mol. The molecule has 0 bridgehead atoms. The van der Waals surface area contributed by atoms with Crippen molar-refractivity contribution >= 4 is 16.6 Å². The Bertz CT molecular complexity index is 543. The van der Waals surface area contributed by atoms with Crippen molar-refractivity contribution in [3.63, 3.8) is 0 Å². The first-order valence-electron chi connectivity index (χ1n) is 5.38. The van der Waals surface area contributed by atoms with Crippen molar-refractivity contribution in [2.45, 2.75) is 19.9 Å². The number of ketones is 1. The van der Waals surface area contributed by atoms with Gasteiger partial charge in [-0.3, -0.25) is 4.79 Å². The minimum Gasteiger partial charge on any atom is -0.321 e. The van der Waals surface area contributed by atoms with Crippen LogP contribution in [-0.4, -0.2) is 11.8 Å². The Kier molecular flexibility index (Phi) is 2.75. The Morgan fingerprint density at radius 3 is 2.44 bits per heavy atom. The number of carbonyl (C=O) groups is 1. The SMILES string of the molecule is Cc1ccc2cc(C(=O)C(C)N)ccc2c1. The van der Waals surface area contributed by atoms with Crippen LogP contribution in [0.5, 0.6) is 0 Å². The summed E-state index contributed by atoms with van der Waals surface area (Å²) in [5.41, 5.74) is 7.49. The van der Waals surface area contributed by atoms with Gasteiger partial charge in [-0.05, 0) is 30.7 Å². The van der Waals surface area contributed by atoms with E-state index in [1.807, 2.05) is 30.3 Å². The van der Waals surface area contributed by atoms with E-state index in [2.05, 4.69) is 13.0 Å². The minimum absolute atomic E-state index is 0.0116. The van der Waals surface area contributed by atoms with Crippen LogP contribution < -0.4 is 5.73 Å². The molecule has 0 amide bonds. The lowest BCUT2D eigenvalue weighted by Crippen LogP contribution is -2.26. The van der Waals surface area contributed by atoms with E-state index in [4.69, 9.17) is 5.73 Å². The molecule has 0 heterocycles. The van der Waals surface area contributed by atoms with Gasteiger partial charge in [0.2, 0.25) is 0 Å². The molecule has 1 atom stereocenters. The maximum Gasteiger partial charge on any atom is 0.179 e. The maximum atomic E-state index is 11.7. The summed E-state index contributed by atoms with van der Waals surface area (Å²) in [6.07, 6.45) is 0. The first-order valence-corrected chi connectivity index (χ1v) is 5.38. The predicted octanol–water partition coefficient (Wildman–Crippen LogP) is 2.68. The summed E-state index contributed by atoms with van der Waals surface area (Å²) < 4.78 is 0. The first-order chi connectivity index (χ1) is 7.58. The molecular formula is C14H15NO. The van der Waals surface area contributed by atoms with Gasteiger partial charge in [0.25, 0.3) is 0 Å². The van der Waals surface area contributed by atoms with E-state index >= 15 is 0 Å². The molecule has 82 valence electrons. The number of Topliss-reactive ketones (excluding diaryl/α,β-unsaturated/α-hetero) is 1. The van der Waals surface area contributed by atoms with Crippen LogP contribution in [0.3, 0.4) is 0 Å². The highest BCUT2D eigenvalue weighted by Crippen LogP contribution is 2.18. The molecule has 16 heavy (non-hydrogen) atoms. The van der Waals surface area contributed by atoms with Crippen molar-refractivity contribution in [3.05, 3.63) is 47.5 Å². The van der Waals surface area contributed by atoms with Gasteiger partial charge in [-0.2, -0.15) is 0 Å². The van der Waals surface area contributed by atoms with Crippen molar-refractivity contribution in [2.75, 3.05) is 0 Å². The standard InChI is InChI=1S/C14H15NO/c1-9-3-4-12-8-13(14(16)10(2)15)6-5-11(12)7-9/h3-8,10H,15H2,1-2H3. The second kappa shape index (κ2) is 4.06.